The summed E-state index contributed by atoms with van der Waals surface area (Å²) < 4.78 is 11.9. The zero-order chi connectivity index (χ0) is 9.80. The summed E-state index contributed by atoms with van der Waals surface area (Å²) in [7, 11) is -0.571. The van der Waals surface area contributed by atoms with Gasteiger partial charge in [0.05, 0.1) is 4.58 Å². The minimum atomic E-state index is -0.571. The number of benzene rings is 1. The summed E-state index contributed by atoms with van der Waals surface area (Å²) in [6, 6.07) is 10.4. The Balaban J connectivity index is 1.85. The first-order valence-corrected chi connectivity index (χ1v) is 7.32. The molecule has 0 spiro atoms. The SMILES string of the molecule is O=S1CCSC1CCc1ccccc1. The standard InChI is InChI=1S/C11H14OS2/c12-14-9-8-13-11(14)7-6-10-4-2-1-3-5-10/h1-5,11H,6-9H2. The number of rotatable bonds is 3. The lowest BCUT2D eigenvalue weighted by Crippen LogP contribution is -2.07. The zero-order valence-electron chi connectivity index (χ0n) is 8.02. The van der Waals surface area contributed by atoms with Crippen LogP contribution in [-0.2, 0) is 17.2 Å². The van der Waals surface area contributed by atoms with Crippen LogP contribution in [0.5, 0.6) is 0 Å². The second-order valence-electron chi connectivity index (χ2n) is 3.41. The van der Waals surface area contributed by atoms with Crippen molar-refractivity contribution in [2.24, 2.45) is 0 Å². The molecule has 76 valence electrons. The normalized spacial score (nSPS) is 26.6. The first-order chi connectivity index (χ1) is 6.86. The molecule has 1 aliphatic heterocycles. The van der Waals surface area contributed by atoms with Crippen molar-refractivity contribution in [1.82, 2.24) is 0 Å². The van der Waals surface area contributed by atoms with Gasteiger partial charge in [-0.2, -0.15) is 0 Å². The fourth-order valence-electron chi connectivity index (χ4n) is 1.61. The van der Waals surface area contributed by atoms with Crippen molar-refractivity contribution < 1.29 is 4.21 Å². The van der Waals surface area contributed by atoms with E-state index in [1.54, 1.807) is 0 Å². The molecule has 1 heterocycles. The topological polar surface area (TPSA) is 17.1 Å². The average molecular weight is 226 g/mol. The van der Waals surface area contributed by atoms with Gasteiger partial charge in [-0.1, -0.05) is 30.3 Å². The molecule has 0 aromatic heterocycles. The Morgan fingerprint density at radius 3 is 2.79 bits per heavy atom. The van der Waals surface area contributed by atoms with E-state index < -0.39 is 10.8 Å². The Labute approximate surface area is 91.7 Å². The summed E-state index contributed by atoms with van der Waals surface area (Å²) in [6.45, 7) is 0. The minimum absolute atomic E-state index is 0.384. The Morgan fingerprint density at radius 1 is 1.36 bits per heavy atom. The van der Waals surface area contributed by atoms with Crippen molar-refractivity contribution >= 4 is 22.6 Å². The molecule has 14 heavy (non-hydrogen) atoms. The van der Waals surface area contributed by atoms with E-state index in [4.69, 9.17) is 0 Å². The van der Waals surface area contributed by atoms with Crippen molar-refractivity contribution in [3.8, 4) is 0 Å². The quantitative estimate of drug-likeness (QED) is 0.787. The summed E-state index contributed by atoms with van der Waals surface area (Å²) >= 11 is 1.87. The van der Waals surface area contributed by atoms with Gasteiger partial charge >= 0.3 is 0 Å². The van der Waals surface area contributed by atoms with Crippen molar-refractivity contribution in [3.05, 3.63) is 35.9 Å². The Bertz CT molecular complexity index is 310. The first kappa shape index (κ1) is 10.2. The van der Waals surface area contributed by atoms with Crippen LogP contribution in [0.15, 0.2) is 30.3 Å². The second-order valence-corrected chi connectivity index (χ2v) is 6.76. The van der Waals surface area contributed by atoms with Gasteiger partial charge in [-0.3, -0.25) is 4.21 Å². The van der Waals surface area contributed by atoms with Crippen molar-refractivity contribution in [2.45, 2.75) is 17.4 Å². The summed E-state index contributed by atoms with van der Waals surface area (Å²) in [4.78, 5) is 0. The van der Waals surface area contributed by atoms with E-state index >= 15 is 0 Å². The van der Waals surface area contributed by atoms with E-state index in [-0.39, 0.29) is 0 Å². The van der Waals surface area contributed by atoms with E-state index in [0.29, 0.717) is 4.58 Å². The predicted octanol–water partition coefficient (Wildman–Crippen LogP) is 2.44. The van der Waals surface area contributed by atoms with Crippen LogP contribution in [0.2, 0.25) is 0 Å². The van der Waals surface area contributed by atoms with Gasteiger partial charge in [0.25, 0.3) is 0 Å². The average Bonchev–Trinajstić information content (AvgIpc) is 2.63. The molecule has 0 N–H and O–H groups in total. The summed E-state index contributed by atoms with van der Waals surface area (Å²) in [5.41, 5.74) is 1.36. The molecule has 1 aromatic carbocycles. The van der Waals surface area contributed by atoms with Crippen molar-refractivity contribution in [3.63, 3.8) is 0 Å². The van der Waals surface area contributed by atoms with Gasteiger partial charge in [-0.05, 0) is 18.4 Å². The maximum atomic E-state index is 11.5. The Morgan fingerprint density at radius 2 is 2.14 bits per heavy atom. The lowest BCUT2D eigenvalue weighted by molar-refractivity contribution is 0.680. The van der Waals surface area contributed by atoms with Crippen LogP contribution in [-0.4, -0.2) is 20.3 Å². The van der Waals surface area contributed by atoms with Crippen LogP contribution in [0.25, 0.3) is 0 Å². The number of hydrogen-bond acceptors (Lipinski definition) is 2. The highest BCUT2D eigenvalue weighted by atomic mass is 32.2. The summed E-state index contributed by atoms with van der Waals surface area (Å²) in [5.74, 6) is 1.97. The lowest BCUT2D eigenvalue weighted by atomic mass is 10.1. The van der Waals surface area contributed by atoms with E-state index in [1.165, 1.54) is 5.56 Å². The van der Waals surface area contributed by atoms with Crippen LogP contribution < -0.4 is 0 Å². The minimum Gasteiger partial charge on any atom is -0.258 e. The highest BCUT2D eigenvalue weighted by Crippen LogP contribution is 2.26. The lowest BCUT2D eigenvalue weighted by Gasteiger charge is -2.06. The second kappa shape index (κ2) is 4.99. The Hall–Kier alpha value is -0.280. The van der Waals surface area contributed by atoms with E-state index in [1.807, 2.05) is 17.8 Å². The number of hydrogen-bond donors (Lipinski definition) is 0. The van der Waals surface area contributed by atoms with Crippen molar-refractivity contribution in [2.75, 3.05) is 11.5 Å². The molecular formula is C11H14OS2. The maximum absolute atomic E-state index is 11.5. The first-order valence-electron chi connectivity index (χ1n) is 4.89. The predicted molar refractivity (Wildman–Crippen MR) is 64.0 cm³/mol. The van der Waals surface area contributed by atoms with Crippen LogP contribution in [0.3, 0.4) is 0 Å². The molecule has 2 rings (SSSR count). The van der Waals surface area contributed by atoms with E-state index in [0.717, 1.165) is 24.3 Å². The molecule has 1 nitrogen and oxygen atoms in total. The van der Waals surface area contributed by atoms with Gasteiger partial charge in [0.2, 0.25) is 0 Å². The van der Waals surface area contributed by atoms with Gasteiger partial charge in [-0.15, -0.1) is 11.8 Å². The molecule has 0 saturated carbocycles. The molecule has 0 aliphatic carbocycles. The third-order valence-electron chi connectivity index (χ3n) is 2.39. The molecule has 1 aromatic rings. The van der Waals surface area contributed by atoms with E-state index in [9.17, 15) is 4.21 Å². The van der Waals surface area contributed by atoms with E-state index in [2.05, 4.69) is 24.3 Å². The Kier molecular flexibility index (Phi) is 3.65. The molecule has 0 bridgehead atoms. The van der Waals surface area contributed by atoms with Crippen molar-refractivity contribution in [1.29, 1.82) is 0 Å². The monoisotopic (exact) mass is 226 g/mol. The summed E-state index contributed by atoms with van der Waals surface area (Å²) in [6.07, 6.45) is 2.12. The fraction of sp³-hybridized carbons (Fsp3) is 0.455. The highest BCUT2D eigenvalue weighted by Gasteiger charge is 2.22. The smallest absolute Gasteiger partial charge is 0.0805 e. The van der Waals surface area contributed by atoms with Gasteiger partial charge in [0.15, 0.2) is 0 Å². The molecule has 3 heteroatoms. The maximum Gasteiger partial charge on any atom is 0.0805 e. The molecule has 2 unspecified atom stereocenters. The fourth-order valence-corrected chi connectivity index (χ4v) is 5.03. The largest absolute Gasteiger partial charge is 0.258 e. The zero-order valence-corrected chi connectivity index (χ0v) is 9.65. The van der Waals surface area contributed by atoms with Gasteiger partial charge < -0.3 is 0 Å². The van der Waals surface area contributed by atoms with Crippen LogP contribution in [0, 0.1) is 0 Å². The molecule has 2 atom stereocenters. The molecule has 0 amide bonds. The van der Waals surface area contributed by atoms with Crippen LogP contribution in [0.4, 0.5) is 0 Å². The molecule has 1 saturated heterocycles. The van der Waals surface area contributed by atoms with Gasteiger partial charge in [0, 0.05) is 22.3 Å². The van der Waals surface area contributed by atoms with Gasteiger partial charge in [0.1, 0.15) is 0 Å². The summed E-state index contributed by atoms with van der Waals surface area (Å²) in [5, 5.41) is 0. The third kappa shape index (κ3) is 2.61. The number of thioether (sulfide) groups is 1. The molecular weight excluding hydrogens is 212 g/mol. The molecule has 0 radical (unpaired) electrons. The van der Waals surface area contributed by atoms with Gasteiger partial charge in [-0.25, -0.2) is 0 Å². The molecule has 1 aliphatic rings. The van der Waals surface area contributed by atoms with Crippen LogP contribution >= 0.6 is 11.8 Å². The third-order valence-corrected chi connectivity index (χ3v) is 6.18. The molecule has 1 fully saturated rings. The van der Waals surface area contributed by atoms with Crippen LogP contribution in [0.1, 0.15) is 12.0 Å². The highest BCUT2D eigenvalue weighted by molar-refractivity contribution is 8.14. The number of aryl methyl sites for hydroxylation is 1.